The molecule has 29 heavy (non-hydrogen) atoms. The van der Waals surface area contributed by atoms with Crippen LogP contribution in [0.1, 0.15) is 17.2 Å². The minimum atomic E-state index is -1.69. The van der Waals surface area contributed by atoms with Crippen molar-refractivity contribution in [2.24, 2.45) is 0 Å². The number of benzene rings is 2. The first kappa shape index (κ1) is 22.0. The van der Waals surface area contributed by atoms with Gasteiger partial charge in [0.05, 0.1) is 17.6 Å². The molecule has 2 N–H and O–H groups in total. The molecule has 0 aliphatic heterocycles. The quantitative estimate of drug-likeness (QED) is 0.368. The Morgan fingerprint density at radius 2 is 2.10 bits per heavy atom. The summed E-state index contributed by atoms with van der Waals surface area (Å²) in [5, 5.41) is 24.0. The minimum Gasteiger partial charge on any atom is -0.493 e. The van der Waals surface area contributed by atoms with E-state index in [1.165, 1.54) is 19.2 Å². The summed E-state index contributed by atoms with van der Waals surface area (Å²) in [7, 11) is 1.50. The number of hydrogen-bond acceptors (Lipinski definition) is 6. The summed E-state index contributed by atoms with van der Waals surface area (Å²) >= 11 is 5.74. The normalized spacial score (nSPS) is 11.2. The van der Waals surface area contributed by atoms with Gasteiger partial charge in [-0.3, -0.25) is 14.9 Å². The molecule has 0 heterocycles. The number of nitrogens with zero attached hydrogens (tertiary/aromatic N) is 1. The van der Waals surface area contributed by atoms with E-state index in [0.29, 0.717) is 17.9 Å². The first-order chi connectivity index (χ1) is 13.9. The van der Waals surface area contributed by atoms with Crippen LogP contribution in [0.5, 0.6) is 11.5 Å². The lowest BCUT2D eigenvalue weighted by molar-refractivity contribution is -0.386. The molecular formula is C20H19ClN2O6. The molecule has 0 radical (unpaired) electrons. The highest BCUT2D eigenvalue weighted by Crippen LogP contribution is 2.29. The molecule has 0 saturated heterocycles. The zero-order valence-electron chi connectivity index (χ0n) is 15.6. The lowest BCUT2D eigenvalue weighted by Crippen LogP contribution is -2.31. The van der Waals surface area contributed by atoms with E-state index < -0.39 is 22.6 Å². The van der Waals surface area contributed by atoms with E-state index in [1.807, 2.05) is 0 Å². The maximum Gasteiger partial charge on any atom is 0.277 e. The van der Waals surface area contributed by atoms with Gasteiger partial charge in [0.1, 0.15) is 6.61 Å². The number of aliphatic hydroxyl groups is 1. The lowest BCUT2D eigenvalue weighted by Gasteiger charge is -2.13. The Bertz CT molecular complexity index is 941. The number of nitro benzene ring substituents is 1. The molecule has 1 amide bonds. The summed E-state index contributed by atoms with van der Waals surface area (Å²) in [5.74, 6) is 2.62. The fourth-order valence-corrected chi connectivity index (χ4v) is 2.75. The highest BCUT2D eigenvalue weighted by Gasteiger charge is 2.26. The van der Waals surface area contributed by atoms with Gasteiger partial charge in [-0.2, -0.15) is 0 Å². The number of ether oxygens (including phenoxy) is 2. The van der Waals surface area contributed by atoms with Crippen molar-refractivity contribution >= 4 is 23.2 Å². The second kappa shape index (κ2) is 10.3. The molecule has 1 atom stereocenters. The second-order valence-corrected chi connectivity index (χ2v) is 6.32. The van der Waals surface area contributed by atoms with Crippen molar-refractivity contribution in [3.8, 4) is 23.8 Å². The molecule has 0 saturated carbocycles. The van der Waals surface area contributed by atoms with E-state index in [-0.39, 0.29) is 23.7 Å². The van der Waals surface area contributed by atoms with E-state index in [2.05, 4.69) is 11.2 Å². The first-order valence-corrected chi connectivity index (χ1v) is 8.88. The Labute approximate surface area is 172 Å². The number of nitrogens with one attached hydrogen (secondary N) is 1. The molecule has 0 aliphatic rings. The Morgan fingerprint density at radius 1 is 1.34 bits per heavy atom. The number of halogens is 1. The first-order valence-electron chi connectivity index (χ1n) is 8.50. The molecule has 2 aromatic carbocycles. The Morgan fingerprint density at radius 3 is 2.76 bits per heavy atom. The second-order valence-electron chi connectivity index (χ2n) is 5.88. The van der Waals surface area contributed by atoms with Crippen LogP contribution in [-0.2, 0) is 11.2 Å². The average Bonchev–Trinajstić information content (AvgIpc) is 2.71. The molecule has 9 heteroatoms. The van der Waals surface area contributed by atoms with Gasteiger partial charge >= 0.3 is 0 Å². The molecule has 8 nitrogen and oxygen atoms in total. The number of hydrogen-bond donors (Lipinski definition) is 2. The summed E-state index contributed by atoms with van der Waals surface area (Å²) in [6.45, 7) is 0.311. The zero-order chi connectivity index (χ0) is 21.4. The van der Waals surface area contributed by atoms with Crippen molar-refractivity contribution in [2.45, 2.75) is 12.5 Å². The van der Waals surface area contributed by atoms with Crippen molar-refractivity contribution in [3.05, 3.63) is 62.7 Å². The van der Waals surface area contributed by atoms with Crippen LogP contribution < -0.4 is 14.8 Å². The number of aliphatic hydroxyl groups excluding tert-OH is 1. The lowest BCUT2D eigenvalue weighted by atomic mass is 10.1. The maximum absolute atomic E-state index is 12.2. The predicted octanol–water partition coefficient (Wildman–Crippen LogP) is 2.66. The third-order valence-corrected chi connectivity index (χ3v) is 4.22. The third-order valence-electron chi connectivity index (χ3n) is 3.98. The number of nitro groups is 1. The standard InChI is InChI=1S/C20H19ClN2O6/c1-3-10-29-17-7-4-13(11-18(17)28-2)8-9-22-20(25)19(24)15-6-5-14(21)12-16(15)23(26)27/h1,4-7,11-12,19,24H,8-10H2,2H3,(H,22,25). The number of methoxy groups -OCH3 is 1. The van der Waals surface area contributed by atoms with Crippen LogP contribution in [0.15, 0.2) is 36.4 Å². The fraction of sp³-hybridized carbons (Fsp3) is 0.250. The molecule has 0 aromatic heterocycles. The molecule has 2 aromatic rings. The molecule has 0 fully saturated rings. The van der Waals surface area contributed by atoms with Crippen LogP contribution in [0.25, 0.3) is 0 Å². The molecule has 1 unspecified atom stereocenters. The minimum absolute atomic E-state index is 0.112. The monoisotopic (exact) mass is 418 g/mol. The molecular weight excluding hydrogens is 400 g/mol. The Kier molecular flexibility index (Phi) is 7.83. The number of rotatable bonds is 9. The summed E-state index contributed by atoms with van der Waals surface area (Å²) in [6, 6.07) is 8.96. The zero-order valence-corrected chi connectivity index (χ0v) is 16.3. The summed E-state index contributed by atoms with van der Waals surface area (Å²) < 4.78 is 10.6. The molecule has 0 spiro atoms. The van der Waals surface area contributed by atoms with Crippen molar-refractivity contribution in [1.29, 1.82) is 0 Å². The Hall–Kier alpha value is -3.28. The van der Waals surface area contributed by atoms with E-state index in [0.717, 1.165) is 11.6 Å². The smallest absolute Gasteiger partial charge is 0.277 e. The van der Waals surface area contributed by atoms with Crippen LogP contribution in [0.3, 0.4) is 0 Å². The average molecular weight is 419 g/mol. The SMILES string of the molecule is C#CCOc1ccc(CCNC(=O)C(O)c2ccc(Cl)cc2[N+](=O)[O-])cc1OC. The fourth-order valence-electron chi connectivity index (χ4n) is 2.58. The van der Waals surface area contributed by atoms with Gasteiger partial charge in [0.15, 0.2) is 17.6 Å². The van der Waals surface area contributed by atoms with Gasteiger partial charge in [-0.05, 0) is 36.2 Å². The molecule has 152 valence electrons. The molecule has 0 aliphatic carbocycles. The maximum atomic E-state index is 12.2. The largest absolute Gasteiger partial charge is 0.493 e. The Balaban J connectivity index is 1.99. The van der Waals surface area contributed by atoms with Gasteiger partial charge in [0.2, 0.25) is 0 Å². The number of amides is 1. The van der Waals surface area contributed by atoms with E-state index in [4.69, 9.17) is 27.5 Å². The molecule has 2 rings (SSSR count). The van der Waals surface area contributed by atoms with E-state index in [9.17, 15) is 20.0 Å². The third kappa shape index (κ3) is 5.85. The van der Waals surface area contributed by atoms with Gasteiger partial charge in [0, 0.05) is 17.6 Å². The van der Waals surface area contributed by atoms with Crippen LogP contribution >= 0.6 is 11.6 Å². The van der Waals surface area contributed by atoms with Gasteiger partial charge in [-0.1, -0.05) is 23.6 Å². The summed E-state index contributed by atoms with van der Waals surface area (Å²) in [4.78, 5) is 22.6. The van der Waals surface area contributed by atoms with Crippen LogP contribution in [0.2, 0.25) is 5.02 Å². The van der Waals surface area contributed by atoms with Crippen molar-refractivity contribution < 1.29 is 24.3 Å². The van der Waals surface area contributed by atoms with Crippen LogP contribution in [0, 0.1) is 22.5 Å². The van der Waals surface area contributed by atoms with Gasteiger partial charge < -0.3 is 19.9 Å². The van der Waals surface area contributed by atoms with Crippen LogP contribution in [-0.4, -0.2) is 36.2 Å². The van der Waals surface area contributed by atoms with Gasteiger partial charge in [-0.25, -0.2) is 0 Å². The number of carbonyl (C=O) groups excluding carboxylic acids is 1. The van der Waals surface area contributed by atoms with Crippen molar-refractivity contribution in [2.75, 3.05) is 20.3 Å². The number of carbonyl (C=O) groups is 1. The summed E-state index contributed by atoms with van der Waals surface area (Å²) in [5.41, 5.74) is 0.295. The predicted molar refractivity (Wildman–Crippen MR) is 107 cm³/mol. The van der Waals surface area contributed by atoms with E-state index >= 15 is 0 Å². The summed E-state index contributed by atoms with van der Waals surface area (Å²) in [6.07, 6.45) is 3.92. The van der Waals surface area contributed by atoms with E-state index in [1.54, 1.807) is 18.2 Å². The highest BCUT2D eigenvalue weighted by atomic mass is 35.5. The van der Waals surface area contributed by atoms with Crippen molar-refractivity contribution in [1.82, 2.24) is 5.32 Å². The topological polar surface area (TPSA) is 111 Å². The van der Waals surface area contributed by atoms with Gasteiger partial charge in [0.25, 0.3) is 11.6 Å². The number of terminal acetylenes is 1. The van der Waals surface area contributed by atoms with Crippen LogP contribution in [0.4, 0.5) is 5.69 Å². The molecule has 0 bridgehead atoms. The van der Waals surface area contributed by atoms with Gasteiger partial charge in [-0.15, -0.1) is 6.42 Å². The highest BCUT2D eigenvalue weighted by molar-refractivity contribution is 6.30. The van der Waals surface area contributed by atoms with Crippen molar-refractivity contribution in [3.63, 3.8) is 0 Å².